The van der Waals surface area contributed by atoms with Crippen molar-refractivity contribution in [3.05, 3.63) is 46.4 Å². The number of carbonyl (C=O) groups excluding carboxylic acids is 1. The lowest BCUT2D eigenvalue weighted by atomic mass is 10.3. The fourth-order valence-electron chi connectivity index (χ4n) is 1.58. The first kappa shape index (κ1) is 15.0. The van der Waals surface area contributed by atoms with Crippen LogP contribution in [0.1, 0.15) is 6.92 Å². The zero-order chi connectivity index (χ0) is 14.7. The van der Waals surface area contributed by atoms with Crippen molar-refractivity contribution in [2.24, 2.45) is 0 Å². The number of benzene rings is 2. The third-order valence-corrected chi connectivity index (χ3v) is 4.43. The van der Waals surface area contributed by atoms with Crippen LogP contribution in [0.3, 0.4) is 0 Å². The van der Waals surface area contributed by atoms with Gasteiger partial charge in [-0.15, -0.1) is 0 Å². The number of nitrogens with two attached hydrogens (primary N) is 1. The van der Waals surface area contributed by atoms with Gasteiger partial charge in [0, 0.05) is 28.1 Å². The van der Waals surface area contributed by atoms with E-state index in [0.29, 0.717) is 21.4 Å². The minimum atomic E-state index is -0.136. The van der Waals surface area contributed by atoms with Crippen LogP contribution in [-0.2, 0) is 4.79 Å². The fraction of sp³-hybridized carbons (Fsp3) is 0.0714. The van der Waals surface area contributed by atoms with E-state index in [4.69, 9.17) is 28.9 Å². The molecular weight excluding hydrogens is 315 g/mol. The molecular formula is C14H12Cl2N2OS. The largest absolute Gasteiger partial charge is 0.399 e. The first-order chi connectivity index (χ1) is 9.45. The van der Waals surface area contributed by atoms with E-state index in [0.717, 1.165) is 9.79 Å². The molecule has 0 unspecified atom stereocenters. The molecule has 0 aliphatic rings. The summed E-state index contributed by atoms with van der Waals surface area (Å²) in [4.78, 5) is 12.7. The van der Waals surface area contributed by atoms with Gasteiger partial charge in [-0.3, -0.25) is 4.79 Å². The van der Waals surface area contributed by atoms with Crippen LogP contribution in [-0.4, -0.2) is 5.91 Å². The smallest absolute Gasteiger partial charge is 0.221 e. The van der Waals surface area contributed by atoms with Gasteiger partial charge in [-0.2, -0.15) is 0 Å². The third kappa shape index (κ3) is 3.82. The predicted molar refractivity (Wildman–Crippen MR) is 85.7 cm³/mol. The molecule has 0 fully saturated rings. The quantitative estimate of drug-likeness (QED) is 0.805. The van der Waals surface area contributed by atoms with Gasteiger partial charge in [0.1, 0.15) is 0 Å². The number of hydrogen-bond acceptors (Lipinski definition) is 3. The molecule has 0 aromatic heterocycles. The summed E-state index contributed by atoms with van der Waals surface area (Å²) < 4.78 is 0. The van der Waals surface area contributed by atoms with Gasteiger partial charge in [0.05, 0.1) is 10.0 Å². The first-order valence-corrected chi connectivity index (χ1v) is 7.33. The second-order valence-electron chi connectivity index (χ2n) is 4.12. The molecule has 3 nitrogen and oxygen atoms in total. The van der Waals surface area contributed by atoms with E-state index in [2.05, 4.69) is 5.32 Å². The first-order valence-electron chi connectivity index (χ1n) is 5.76. The number of nitrogen functional groups attached to an aromatic ring is 1. The normalized spacial score (nSPS) is 10.3. The molecule has 104 valence electrons. The molecule has 0 spiro atoms. The highest BCUT2D eigenvalue weighted by molar-refractivity contribution is 7.99. The molecule has 2 aromatic carbocycles. The lowest BCUT2D eigenvalue weighted by Gasteiger charge is -2.09. The molecule has 0 saturated carbocycles. The van der Waals surface area contributed by atoms with E-state index >= 15 is 0 Å². The molecule has 0 radical (unpaired) electrons. The maximum absolute atomic E-state index is 11.0. The van der Waals surface area contributed by atoms with Crippen LogP contribution < -0.4 is 11.1 Å². The maximum atomic E-state index is 11.0. The number of nitrogens with one attached hydrogen (secondary N) is 1. The van der Waals surface area contributed by atoms with E-state index < -0.39 is 0 Å². The van der Waals surface area contributed by atoms with Gasteiger partial charge in [-0.25, -0.2) is 0 Å². The number of halogens is 2. The summed E-state index contributed by atoms with van der Waals surface area (Å²) in [6.07, 6.45) is 0. The fourth-order valence-corrected chi connectivity index (χ4v) is 3.01. The molecule has 2 aromatic rings. The Morgan fingerprint density at radius 2 is 1.70 bits per heavy atom. The van der Waals surface area contributed by atoms with Gasteiger partial charge in [0.15, 0.2) is 0 Å². The summed E-state index contributed by atoms with van der Waals surface area (Å²) >= 11 is 13.8. The van der Waals surface area contributed by atoms with Crippen LogP contribution in [0.5, 0.6) is 0 Å². The Bertz CT molecular complexity index is 662. The molecule has 6 heteroatoms. The summed E-state index contributed by atoms with van der Waals surface area (Å²) in [5, 5.41) is 3.81. The van der Waals surface area contributed by atoms with E-state index in [9.17, 15) is 4.79 Å². The Kier molecular flexibility index (Phi) is 4.81. The van der Waals surface area contributed by atoms with Crippen molar-refractivity contribution in [3.8, 4) is 0 Å². The van der Waals surface area contributed by atoms with Gasteiger partial charge in [-0.05, 0) is 36.4 Å². The van der Waals surface area contributed by atoms with Gasteiger partial charge in [-0.1, -0.05) is 35.0 Å². The summed E-state index contributed by atoms with van der Waals surface area (Å²) in [6, 6.07) is 10.7. The van der Waals surface area contributed by atoms with Crippen LogP contribution in [0, 0.1) is 0 Å². The van der Waals surface area contributed by atoms with Gasteiger partial charge in [0.25, 0.3) is 0 Å². The van der Waals surface area contributed by atoms with Crippen molar-refractivity contribution in [1.82, 2.24) is 0 Å². The molecule has 20 heavy (non-hydrogen) atoms. The van der Waals surface area contributed by atoms with Crippen molar-refractivity contribution < 1.29 is 4.79 Å². The minimum Gasteiger partial charge on any atom is -0.399 e. The molecule has 2 rings (SSSR count). The van der Waals surface area contributed by atoms with Gasteiger partial charge < -0.3 is 11.1 Å². The highest BCUT2D eigenvalue weighted by Crippen LogP contribution is 2.38. The van der Waals surface area contributed by atoms with E-state index in [1.54, 1.807) is 24.3 Å². The predicted octanol–water partition coefficient (Wildman–Crippen LogP) is 4.69. The van der Waals surface area contributed by atoms with Crippen molar-refractivity contribution in [2.75, 3.05) is 11.1 Å². The second-order valence-corrected chi connectivity index (χ2v) is 6.02. The van der Waals surface area contributed by atoms with E-state index in [1.165, 1.54) is 18.7 Å². The van der Waals surface area contributed by atoms with Crippen LogP contribution in [0.25, 0.3) is 0 Å². The number of amides is 1. The van der Waals surface area contributed by atoms with Crippen molar-refractivity contribution in [1.29, 1.82) is 0 Å². The molecule has 0 heterocycles. The molecule has 3 N–H and O–H groups in total. The highest BCUT2D eigenvalue weighted by atomic mass is 35.5. The zero-order valence-electron chi connectivity index (χ0n) is 10.6. The number of anilines is 2. The Hall–Kier alpha value is -1.36. The van der Waals surface area contributed by atoms with Gasteiger partial charge >= 0.3 is 0 Å². The van der Waals surface area contributed by atoms with Crippen LogP contribution in [0.4, 0.5) is 11.4 Å². The Balaban J connectivity index is 2.23. The average molecular weight is 327 g/mol. The zero-order valence-corrected chi connectivity index (χ0v) is 12.9. The van der Waals surface area contributed by atoms with E-state index in [1.807, 2.05) is 12.1 Å². The molecule has 0 aliphatic heterocycles. The Labute approximate surface area is 131 Å². The number of carbonyl (C=O) groups is 1. The molecule has 0 aliphatic carbocycles. The average Bonchev–Trinajstić information content (AvgIpc) is 2.34. The third-order valence-electron chi connectivity index (χ3n) is 2.43. The molecule has 1 amide bonds. The van der Waals surface area contributed by atoms with Crippen molar-refractivity contribution in [2.45, 2.75) is 16.7 Å². The van der Waals surface area contributed by atoms with Crippen LogP contribution in [0.2, 0.25) is 10.0 Å². The molecule has 0 bridgehead atoms. The Morgan fingerprint density at radius 1 is 1.10 bits per heavy atom. The van der Waals surface area contributed by atoms with Crippen molar-refractivity contribution >= 4 is 52.2 Å². The maximum Gasteiger partial charge on any atom is 0.221 e. The summed E-state index contributed by atoms with van der Waals surface area (Å²) in [5.41, 5.74) is 6.94. The molecule has 0 atom stereocenters. The number of hydrogen-bond donors (Lipinski definition) is 2. The highest BCUT2D eigenvalue weighted by Gasteiger charge is 2.08. The standard InChI is InChI=1S/C14H12Cl2N2OS/c1-8(19)18-10-3-5-14(12(16)7-10)20-13-4-2-9(17)6-11(13)15/h2-7H,17H2,1H3,(H,18,19). The topological polar surface area (TPSA) is 55.1 Å². The lowest BCUT2D eigenvalue weighted by Crippen LogP contribution is -2.05. The summed E-state index contributed by atoms with van der Waals surface area (Å²) in [7, 11) is 0. The Morgan fingerprint density at radius 3 is 2.25 bits per heavy atom. The van der Waals surface area contributed by atoms with Gasteiger partial charge in [0.2, 0.25) is 5.91 Å². The van der Waals surface area contributed by atoms with Crippen LogP contribution >= 0.6 is 35.0 Å². The summed E-state index contributed by atoms with van der Waals surface area (Å²) in [5.74, 6) is -0.136. The summed E-state index contributed by atoms with van der Waals surface area (Å²) in [6.45, 7) is 1.45. The number of rotatable bonds is 3. The second kappa shape index (κ2) is 6.39. The monoisotopic (exact) mass is 326 g/mol. The minimum absolute atomic E-state index is 0.136. The SMILES string of the molecule is CC(=O)Nc1ccc(Sc2ccc(N)cc2Cl)c(Cl)c1. The van der Waals surface area contributed by atoms with Crippen LogP contribution in [0.15, 0.2) is 46.2 Å². The van der Waals surface area contributed by atoms with E-state index in [-0.39, 0.29) is 5.91 Å². The molecule has 0 saturated heterocycles. The lowest BCUT2D eigenvalue weighted by molar-refractivity contribution is -0.114. The van der Waals surface area contributed by atoms with Crippen molar-refractivity contribution in [3.63, 3.8) is 0 Å².